The molecule has 0 spiro atoms. The van der Waals surface area contributed by atoms with Crippen LogP contribution in [0.1, 0.15) is 20.7 Å². The van der Waals surface area contributed by atoms with Crippen molar-refractivity contribution in [3.8, 4) is 16.9 Å². The number of nitrogens with one attached hydrogen (secondary N) is 1. The summed E-state index contributed by atoms with van der Waals surface area (Å²) in [6.45, 7) is 0. The summed E-state index contributed by atoms with van der Waals surface area (Å²) in [5.74, 6) is -0.370. The molecule has 4 rings (SSSR count). The summed E-state index contributed by atoms with van der Waals surface area (Å²) in [7, 11) is 1.32. The number of nitrogens with zero attached hydrogens (tertiary/aromatic N) is 2. The Morgan fingerprint density at radius 1 is 0.833 bits per heavy atom. The summed E-state index contributed by atoms with van der Waals surface area (Å²) in [5, 5.41) is 2.87. The standard InChI is InChI=1S/C24H19N3O3/c1-30-23(29)19-14-12-18(13-15-19)22(28)26-24-25-21(17-8-4-2-5-9-17)16-27(24)20-10-6-3-7-11-20/h2-16H,1H3,(H,25,26,28). The number of benzene rings is 3. The van der Waals surface area contributed by atoms with Gasteiger partial charge in [-0.2, -0.15) is 0 Å². The van der Waals surface area contributed by atoms with Gasteiger partial charge in [0, 0.05) is 23.0 Å². The summed E-state index contributed by atoms with van der Waals surface area (Å²) in [5.41, 5.74) is 3.36. The van der Waals surface area contributed by atoms with Crippen LogP contribution in [0.5, 0.6) is 0 Å². The minimum Gasteiger partial charge on any atom is -0.465 e. The molecule has 1 heterocycles. The number of carbonyl (C=O) groups excluding carboxylic acids is 2. The first-order valence-corrected chi connectivity index (χ1v) is 9.35. The smallest absolute Gasteiger partial charge is 0.337 e. The van der Waals surface area contributed by atoms with Crippen LogP contribution in [0.3, 0.4) is 0 Å². The van der Waals surface area contributed by atoms with Gasteiger partial charge in [0.05, 0.1) is 18.4 Å². The second-order valence-electron chi connectivity index (χ2n) is 6.54. The van der Waals surface area contributed by atoms with E-state index in [2.05, 4.69) is 15.0 Å². The number of amides is 1. The zero-order valence-corrected chi connectivity index (χ0v) is 16.3. The minimum absolute atomic E-state index is 0.325. The number of rotatable bonds is 5. The molecule has 0 unspecified atom stereocenters. The molecule has 1 amide bonds. The van der Waals surface area contributed by atoms with Crippen LogP contribution in [-0.4, -0.2) is 28.5 Å². The third-order valence-corrected chi connectivity index (χ3v) is 4.60. The summed E-state index contributed by atoms with van der Waals surface area (Å²) < 4.78 is 6.53. The average molecular weight is 397 g/mol. The highest BCUT2D eigenvalue weighted by Crippen LogP contribution is 2.24. The van der Waals surface area contributed by atoms with Crippen molar-refractivity contribution in [3.05, 3.63) is 102 Å². The zero-order valence-electron chi connectivity index (χ0n) is 16.3. The number of anilines is 1. The van der Waals surface area contributed by atoms with Crippen molar-refractivity contribution in [3.63, 3.8) is 0 Å². The predicted octanol–water partition coefficient (Wildman–Crippen LogP) is 4.58. The first-order chi connectivity index (χ1) is 14.7. The molecule has 0 saturated carbocycles. The number of carbonyl (C=O) groups is 2. The molecule has 4 aromatic rings. The highest BCUT2D eigenvalue weighted by Gasteiger charge is 2.15. The number of para-hydroxylation sites is 1. The molecule has 0 bridgehead atoms. The van der Waals surface area contributed by atoms with Crippen LogP contribution in [0, 0.1) is 0 Å². The van der Waals surface area contributed by atoms with Crippen LogP contribution < -0.4 is 5.32 Å². The van der Waals surface area contributed by atoms with E-state index in [-0.39, 0.29) is 5.91 Å². The first kappa shape index (κ1) is 19.1. The van der Waals surface area contributed by atoms with Crippen LogP contribution in [0.4, 0.5) is 5.95 Å². The average Bonchev–Trinajstić information content (AvgIpc) is 3.23. The minimum atomic E-state index is -0.450. The van der Waals surface area contributed by atoms with E-state index in [1.54, 1.807) is 24.3 Å². The van der Waals surface area contributed by atoms with Crippen LogP contribution in [0.2, 0.25) is 0 Å². The Balaban J connectivity index is 1.66. The second-order valence-corrected chi connectivity index (χ2v) is 6.54. The molecular formula is C24H19N3O3. The van der Waals surface area contributed by atoms with E-state index in [4.69, 9.17) is 0 Å². The van der Waals surface area contributed by atoms with E-state index in [1.165, 1.54) is 7.11 Å². The Hall–Kier alpha value is -4.19. The molecule has 0 saturated heterocycles. The van der Waals surface area contributed by atoms with Gasteiger partial charge in [0.2, 0.25) is 5.95 Å². The van der Waals surface area contributed by atoms with Gasteiger partial charge in [-0.15, -0.1) is 0 Å². The van der Waals surface area contributed by atoms with Crippen LogP contribution in [0.25, 0.3) is 16.9 Å². The Morgan fingerprint density at radius 2 is 1.43 bits per heavy atom. The monoisotopic (exact) mass is 397 g/mol. The van der Waals surface area contributed by atoms with Gasteiger partial charge < -0.3 is 4.74 Å². The maximum Gasteiger partial charge on any atom is 0.337 e. The molecule has 6 nitrogen and oxygen atoms in total. The Kier molecular flexibility index (Phi) is 5.39. The van der Waals surface area contributed by atoms with Crippen molar-refractivity contribution in [2.45, 2.75) is 0 Å². The van der Waals surface area contributed by atoms with E-state index in [0.29, 0.717) is 17.1 Å². The predicted molar refractivity (Wildman–Crippen MR) is 115 cm³/mol. The molecule has 0 atom stereocenters. The van der Waals surface area contributed by atoms with Gasteiger partial charge in [0.1, 0.15) is 0 Å². The summed E-state index contributed by atoms with van der Waals surface area (Å²) in [4.78, 5) is 29.0. The van der Waals surface area contributed by atoms with Crippen molar-refractivity contribution >= 4 is 17.8 Å². The number of esters is 1. The number of imidazole rings is 1. The zero-order chi connectivity index (χ0) is 20.9. The first-order valence-electron chi connectivity index (χ1n) is 9.35. The van der Waals surface area contributed by atoms with Gasteiger partial charge in [0.15, 0.2) is 0 Å². The molecule has 0 fully saturated rings. The number of methoxy groups -OCH3 is 1. The van der Waals surface area contributed by atoms with Gasteiger partial charge >= 0.3 is 5.97 Å². The molecule has 0 aliphatic heterocycles. The van der Waals surface area contributed by atoms with Crippen molar-refractivity contribution < 1.29 is 14.3 Å². The van der Waals surface area contributed by atoms with E-state index >= 15 is 0 Å². The fourth-order valence-corrected chi connectivity index (χ4v) is 3.05. The SMILES string of the molecule is COC(=O)c1ccc(C(=O)Nc2nc(-c3ccccc3)cn2-c2ccccc2)cc1. The topological polar surface area (TPSA) is 73.2 Å². The molecule has 30 heavy (non-hydrogen) atoms. The lowest BCUT2D eigenvalue weighted by Gasteiger charge is -2.09. The van der Waals surface area contributed by atoms with E-state index in [0.717, 1.165) is 16.9 Å². The number of ether oxygens (including phenoxy) is 1. The molecule has 0 aliphatic rings. The van der Waals surface area contributed by atoms with Gasteiger partial charge in [-0.25, -0.2) is 9.78 Å². The van der Waals surface area contributed by atoms with Gasteiger partial charge in [-0.3, -0.25) is 14.7 Å². The van der Waals surface area contributed by atoms with Crippen molar-refractivity contribution in [2.24, 2.45) is 0 Å². The third-order valence-electron chi connectivity index (χ3n) is 4.60. The second kappa shape index (κ2) is 8.45. The van der Waals surface area contributed by atoms with Crippen LogP contribution in [0.15, 0.2) is 91.1 Å². The van der Waals surface area contributed by atoms with Gasteiger partial charge in [-0.05, 0) is 36.4 Å². The highest BCUT2D eigenvalue weighted by molar-refractivity contribution is 6.04. The lowest BCUT2D eigenvalue weighted by molar-refractivity contribution is 0.0600. The number of hydrogen-bond donors (Lipinski definition) is 1. The number of aromatic nitrogens is 2. The molecule has 0 aliphatic carbocycles. The molecule has 3 aromatic carbocycles. The van der Waals surface area contributed by atoms with E-state index in [1.807, 2.05) is 71.4 Å². The Labute approximate surface area is 173 Å². The fraction of sp³-hybridized carbons (Fsp3) is 0.0417. The molecule has 148 valence electrons. The lowest BCUT2D eigenvalue weighted by atomic mass is 10.1. The maximum atomic E-state index is 12.8. The van der Waals surface area contributed by atoms with Crippen molar-refractivity contribution in [1.29, 1.82) is 0 Å². The summed E-state index contributed by atoms with van der Waals surface area (Å²) >= 11 is 0. The fourth-order valence-electron chi connectivity index (χ4n) is 3.05. The maximum absolute atomic E-state index is 12.8. The molecule has 1 aromatic heterocycles. The third kappa shape index (κ3) is 3.98. The van der Waals surface area contributed by atoms with Gasteiger partial charge in [-0.1, -0.05) is 48.5 Å². The molecule has 1 N–H and O–H groups in total. The highest BCUT2D eigenvalue weighted by atomic mass is 16.5. The lowest BCUT2D eigenvalue weighted by Crippen LogP contribution is -2.15. The quantitative estimate of drug-likeness (QED) is 0.501. The largest absolute Gasteiger partial charge is 0.465 e. The van der Waals surface area contributed by atoms with Crippen LogP contribution in [-0.2, 0) is 4.74 Å². The van der Waals surface area contributed by atoms with E-state index < -0.39 is 5.97 Å². The molecule has 6 heteroatoms. The molecular weight excluding hydrogens is 378 g/mol. The van der Waals surface area contributed by atoms with Crippen molar-refractivity contribution in [1.82, 2.24) is 9.55 Å². The normalized spacial score (nSPS) is 10.4. The van der Waals surface area contributed by atoms with E-state index in [9.17, 15) is 9.59 Å². The van der Waals surface area contributed by atoms with Crippen LogP contribution >= 0.6 is 0 Å². The Bertz CT molecular complexity index is 1170. The summed E-state index contributed by atoms with van der Waals surface area (Å²) in [6.07, 6.45) is 1.89. The van der Waals surface area contributed by atoms with Gasteiger partial charge in [0.25, 0.3) is 5.91 Å². The van der Waals surface area contributed by atoms with Crippen molar-refractivity contribution in [2.75, 3.05) is 12.4 Å². The number of hydrogen-bond acceptors (Lipinski definition) is 4. The summed E-state index contributed by atoms with van der Waals surface area (Å²) in [6, 6.07) is 25.7. The Morgan fingerprint density at radius 3 is 2.07 bits per heavy atom. The molecule has 0 radical (unpaired) electrons.